The Morgan fingerprint density at radius 2 is 1.96 bits per heavy atom. The zero-order valence-corrected chi connectivity index (χ0v) is 12.8. The zero-order valence-electron chi connectivity index (χ0n) is 12.8. The molecule has 23 heavy (non-hydrogen) atoms. The highest BCUT2D eigenvalue weighted by Gasteiger charge is 2.39. The maximum Gasteiger partial charge on any atom is 0.327 e. The van der Waals surface area contributed by atoms with Crippen molar-refractivity contribution in [1.82, 2.24) is 10.2 Å². The molecule has 0 aliphatic carbocycles. The summed E-state index contributed by atoms with van der Waals surface area (Å²) >= 11 is 0. The molecule has 7 heteroatoms. The molecule has 3 atom stereocenters. The Bertz CT molecular complexity index is 589. The first-order chi connectivity index (χ1) is 10.9. The van der Waals surface area contributed by atoms with Crippen LogP contribution in [0.25, 0.3) is 0 Å². The van der Waals surface area contributed by atoms with Gasteiger partial charge in [-0.3, -0.25) is 14.5 Å². The third kappa shape index (κ3) is 4.14. The van der Waals surface area contributed by atoms with E-state index >= 15 is 0 Å². The fraction of sp³-hybridized carbons (Fsp3) is 0.438. The number of hydrogen-bond donors (Lipinski definition) is 3. The second-order valence-electron chi connectivity index (χ2n) is 5.62. The van der Waals surface area contributed by atoms with Gasteiger partial charge in [0.25, 0.3) is 0 Å². The van der Waals surface area contributed by atoms with Gasteiger partial charge in [-0.25, -0.2) is 4.79 Å². The number of nitrogens with zero attached hydrogens (tertiary/aromatic N) is 1. The molecule has 0 saturated carbocycles. The average molecular weight is 320 g/mol. The van der Waals surface area contributed by atoms with Crippen molar-refractivity contribution in [3.8, 4) is 0 Å². The summed E-state index contributed by atoms with van der Waals surface area (Å²) < 4.78 is 0. The molecule has 1 aromatic carbocycles. The molecule has 0 bridgehead atoms. The monoisotopic (exact) mass is 320 g/mol. The molecule has 3 N–H and O–H groups in total. The van der Waals surface area contributed by atoms with Crippen LogP contribution in [-0.2, 0) is 20.8 Å². The van der Waals surface area contributed by atoms with Crippen LogP contribution in [0.3, 0.4) is 0 Å². The Kier molecular flexibility index (Phi) is 5.46. The molecule has 1 fully saturated rings. The molecule has 2 amide bonds. The summed E-state index contributed by atoms with van der Waals surface area (Å²) in [6.07, 6.45) is -0.466. The second-order valence-corrected chi connectivity index (χ2v) is 5.62. The summed E-state index contributed by atoms with van der Waals surface area (Å²) in [5.41, 5.74) is 0.721. The minimum Gasteiger partial charge on any atom is -0.480 e. The van der Waals surface area contributed by atoms with Crippen molar-refractivity contribution in [2.75, 3.05) is 6.54 Å². The van der Waals surface area contributed by atoms with Crippen LogP contribution in [0, 0.1) is 0 Å². The van der Waals surface area contributed by atoms with Crippen LogP contribution in [0.4, 0.5) is 0 Å². The van der Waals surface area contributed by atoms with Gasteiger partial charge in [-0.05, 0) is 12.0 Å². The predicted molar refractivity (Wildman–Crippen MR) is 81.5 cm³/mol. The molecule has 1 aliphatic heterocycles. The van der Waals surface area contributed by atoms with Gasteiger partial charge in [0.05, 0.1) is 12.1 Å². The minimum absolute atomic E-state index is 0.0385. The Labute approximate surface area is 133 Å². The Morgan fingerprint density at radius 3 is 2.43 bits per heavy atom. The smallest absolute Gasteiger partial charge is 0.327 e. The van der Waals surface area contributed by atoms with Crippen molar-refractivity contribution in [3.05, 3.63) is 35.9 Å². The topological polar surface area (TPSA) is 107 Å². The van der Waals surface area contributed by atoms with Gasteiger partial charge < -0.3 is 15.5 Å². The van der Waals surface area contributed by atoms with Crippen molar-refractivity contribution >= 4 is 17.8 Å². The van der Waals surface area contributed by atoms with E-state index in [2.05, 4.69) is 5.32 Å². The van der Waals surface area contributed by atoms with Crippen molar-refractivity contribution in [3.63, 3.8) is 0 Å². The molecule has 3 unspecified atom stereocenters. The van der Waals surface area contributed by atoms with Gasteiger partial charge in [-0.1, -0.05) is 30.3 Å². The third-order valence-electron chi connectivity index (χ3n) is 3.85. The summed E-state index contributed by atoms with van der Waals surface area (Å²) in [6.45, 7) is 1.42. The van der Waals surface area contributed by atoms with Crippen molar-refractivity contribution in [1.29, 1.82) is 0 Å². The summed E-state index contributed by atoms with van der Waals surface area (Å²) in [6, 6.07) is 6.81. The minimum atomic E-state index is -1.28. The van der Waals surface area contributed by atoms with Crippen LogP contribution in [-0.4, -0.2) is 57.6 Å². The van der Waals surface area contributed by atoms with E-state index in [-0.39, 0.29) is 19.4 Å². The van der Waals surface area contributed by atoms with Gasteiger partial charge in [0.2, 0.25) is 11.8 Å². The number of aliphatic carboxylic acids is 1. The third-order valence-corrected chi connectivity index (χ3v) is 3.85. The summed E-state index contributed by atoms with van der Waals surface area (Å²) in [5.74, 6) is -2.48. The molecule has 0 spiro atoms. The van der Waals surface area contributed by atoms with Crippen molar-refractivity contribution in [2.45, 2.75) is 38.0 Å². The van der Waals surface area contributed by atoms with E-state index in [1.807, 2.05) is 0 Å². The molecule has 0 aromatic heterocycles. The van der Waals surface area contributed by atoms with Gasteiger partial charge >= 0.3 is 5.97 Å². The van der Waals surface area contributed by atoms with Crippen molar-refractivity contribution in [2.24, 2.45) is 0 Å². The first-order valence-corrected chi connectivity index (χ1v) is 7.42. The number of aliphatic hydroxyl groups is 1. The lowest BCUT2D eigenvalue weighted by Gasteiger charge is -2.28. The van der Waals surface area contributed by atoms with Crippen molar-refractivity contribution < 1.29 is 24.6 Å². The van der Waals surface area contributed by atoms with E-state index in [0.29, 0.717) is 0 Å². The number of nitrogens with one attached hydrogen (secondary N) is 1. The molecule has 124 valence electrons. The predicted octanol–water partition coefficient (Wildman–Crippen LogP) is -0.220. The highest BCUT2D eigenvalue weighted by atomic mass is 16.4. The van der Waals surface area contributed by atoms with Gasteiger partial charge in [-0.15, -0.1) is 0 Å². The number of β-amino-alcohol motifs (C(OH)–C–C–N with tert-alkyl or cyclic N) is 1. The number of aliphatic hydroxyl groups excluding tert-OH is 1. The Hall–Kier alpha value is -2.25. The van der Waals surface area contributed by atoms with Crippen LogP contribution < -0.4 is 5.32 Å². The van der Waals surface area contributed by atoms with Gasteiger partial charge in [-0.2, -0.15) is 0 Å². The lowest BCUT2D eigenvalue weighted by Crippen LogP contribution is -2.54. The maximum absolute atomic E-state index is 12.5. The summed E-state index contributed by atoms with van der Waals surface area (Å²) in [4.78, 5) is 36.8. The SMILES string of the molecule is CC(=O)N(C(=O)C1CC(O)CN1)C(Cc1ccccc1)C(=O)O. The number of hydrogen-bond acceptors (Lipinski definition) is 5. The van der Waals surface area contributed by atoms with E-state index in [1.54, 1.807) is 30.3 Å². The first-order valence-electron chi connectivity index (χ1n) is 7.42. The Morgan fingerprint density at radius 1 is 1.30 bits per heavy atom. The molecule has 1 heterocycles. The lowest BCUT2D eigenvalue weighted by atomic mass is 10.0. The molecular weight excluding hydrogens is 300 g/mol. The average Bonchev–Trinajstić information content (AvgIpc) is 2.93. The number of amides is 2. The number of rotatable bonds is 5. The highest BCUT2D eigenvalue weighted by molar-refractivity contribution is 6.00. The molecule has 7 nitrogen and oxygen atoms in total. The standard InChI is InChI=1S/C16H20N2O5/c1-10(19)18(15(21)13-8-12(20)9-17-13)14(16(22)23)7-11-5-3-2-4-6-11/h2-6,12-14,17,20H,7-9H2,1H3,(H,22,23). The van der Waals surface area contributed by atoms with Crippen LogP contribution >= 0.6 is 0 Å². The number of carbonyl (C=O) groups excluding carboxylic acids is 2. The number of carboxylic acid groups (broad SMARTS) is 1. The molecule has 2 rings (SSSR count). The van der Waals surface area contributed by atoms with Crippen LogP contribution in [0.1, 0.15) is 18.9 Å². The van der Waals surface area contributed by atoms with Gasteiger partial charge in [0, 0.05) is 19.9 Å². The van der Waals surface area contributed by atoms with E-state index < -0.39 is 36.0 Å². The zero-order chi connectivity index (χ0) is 17.0. The normalized spacial score (nSPS) is 21.7. The summed E-state index contributed by atoms with van der Waals surface area (Å²) in [5, 5.41) is 21.8. The van der Waals surface area contributed by atoms with E-state index in [0.717, 1.165) is 10.5 Å². The highest BCUT2D eigenvalue weighted by Crippen LogP contribution is 2.16. The number of carboxylic acids is 1. The summed E-state index contributed by atoms with van der Waals surface area (Å²) in [7, 11) is 0. The molecular formula is C16H20N2O5. The molecule has 1 saturated heterocycles. The second kappa shape index (κ2) is 7.34. The fourth-order valence-corrected chi connectivity index (χ4v) is 2.73. The number of imide groups is 1. The van der Waals surface area contributed by atoms with Crippen LogP contribution in [0.2, 0.25) is 0 Å². The quantitative estimate of drug-likeness (QED) is 0.692. The van der Waals surface area contributed by atoms with E-state index in [4.69, 9.17) is 0 Å². The van der Waals surface area contributed by atoms with Crippen LogP contribution in [0.15, 0.2) is 30.3 Å². The largest absolute Gasteiger partial charge is 0.480 e. The van der Waals surface area contributed by atoms with Gasteiger partial charge in [0.1, 0.15) is 6.04 Å². The molecule has 1 aromatic rings. The van der Waals surface area contributed by atoms with E-state index in [9.17, 15) is 24.6 Å². The number of carbonyl (C=O) groups is 3. The van der Waals surface area contributed by atoms with E-state index in [1.165, 1.54) is 6.92 Å². The molecule has 1 aliphatic rings. The van der Waals surface area contributed by atoms with Gasteiger partial charge in [0.15, 0.2) is 0 Å². The molecule has 0 radical (unpaired) electrons. The maximum atomic E-state index is 12.5. The fourth-order valence-electron chi connectivity index (χ4n) is 2.73. The number of benzene rings is 1. The lowest BCUT2D eigenvalue weighted by molar-refractivity contribution is -0.158. The van der Waals surface area contributed by atoms with Crippen LogP contribution in [0.5, 0.6) is 0 Å². The first kappa shape index (κ1) is 17.1. The Balaban J connectivity index is 2.23.